The van der Waals surface area contributed by atoms with E-state index in [0.29, 0.717) is 38.5 Å². The van der Waals surface area contributed by atoms with Gasteiger partial charge in [0, 0.05) is 11.3 Å². The Balaban J connectivity index is 1.39. The van der Waals surface area contributed by atoms with E-state index in [1.54, 1.807) is 35.1 Å². The summed E-state index contributed by atoms with van der Waals surface area (Å²) >= 11 is 12.4. The highest BCUT2D eigenvalue weighted by Crippen LogP contribution is 2.34. The molecule has 0 atom stereocenters. The van der Waals surface area contributed by atoms with Crippen LogP contribution in [0.5, 0.6) is 0 Å². The van der Waals surface area contributed by atoms with Crippen LogP contribution in [0, 0.1) is 6.92 Å². The van der Waals surface area contributed by atoms with Gasteiger partial charge in [-0.05, 0) is 72.5 Å². The number of aryl methyl sites for hydroxylation is 1. The van der Waals surface area contributed by atoms with E-state index in [-0.39, 0.29) is 11.7 Å². The minimum Gasteiger partial charge on any atom is -0.451 e. The van der Waals surface area contributed by atoms with Gasteiger partial charge in [-0.15, -0.1) is 10.2 Å². The van der Waals surface area contributed by atoms with Crippen molar-refractivity contribution < 1.29 is 9.21 Å². The number of aromatic nitrogens is 3. The van der Waals surface area contributed by atoms with Crippen LogP contribution < -0.4 is 5.32 Å². The Bertz CT molecular complexity index is 1550. The number of rotatable bonds is 5. The maximum atomic E-state index is 12.9. The number of hydrogen-bond acceptors (Lipinski definition) is 4. The van der Waals surface area contributed by atoms with Gasteiger partial charge in [0.1, 0.15) is 16.8 Å². The number of halogens is 2. The number of nitrogens with one attached hydrogen (secondary N) is 1. The molecule has 0 aliphatic rings. The maximum Gasteiger partial charge on any atom is 0.291 e. The smallest absolute Gasteiger partial charge is 0.291 e. The topological polar surface area (TPSA) is 73.0 Å². The first kappa shape index (κ1) is 23.1. The van der Waals surface area contributed by atoms with E-state index in [1.165, 1.54) is 5.56 Å². The molecule has 3 aromatic carbocycles. The summed E-state index contributed by atoms with van der Waals surface area (Å²) in [6.45, 7) is 6.22. The molecule has 0 bridgehead atoms. The second-order valence-corrected chi connectivity index (χ2v) is 9.40. The summed E-state index contributed by atoms with van der Waals surface area (Å²) < 4.78 is 5.77. The van der Waals surface area contributed by atoms with Gasteiger partial charge in [0.15, 0.2) is 5.76 Å². The first-order valence-electron chi connectivity index (χ1n) is 11.1. The fourth-order valence-corrected chi connectivity index (χ4v) is 4.19. The Hall–Kier alpha value is -3.61. The molecule has 0 radical (unpaired) electrons. The predicted octanol–water partition coefficient (Wildman–Crippen LogP) is 7.67. The summed E-state index contributed by atoms with van der Waals surface area (Å²) in [5.41, 5.74) is 5.64. The molecule has 2 aromatic heterocycles. The van der Waals surface area contributed by atoms with E-state index >= 15 is 0 Å². The Morgan fingerprint density at radius 3 is 2.40 bits per heavy atom. The zero-order valence-corrected chi connectivity index (χ0v) is 20.9. The molecule has 6 nitrogen and oxygen atoms in total. The van der Waals surface area contributed by atoms with Crippen molar-refractivity contribution in [1.29, 1.82) is 0 Å². The molecule has 1 N–H and O–H groups in total. The van der Waals surface area contributed by atoms with Crippen molar-refractivity contribution >= 4 is 45.8 Å². The van der Waals surface area contributed by atoms with Crippen LogP contribution in [0.3, 0.4) is 0 Å². The largest absolute Gasteiger partial charge is 0.451 e. The molecular formula is C27H22Cl2N4O2. The SMILES string of the molecule is Cc1cc2nn(-c3ccc(C(C)C)cc3)nc2cc1NC(=O)c1ccc(-c2cccc(Cl)c2Cl)o1. The zero-order chi connectivity index (χ0) is 24.7. The van der Waals surface area contributed by atoms with Gasteiger partial charge in [-0.2, -0.15) is 4.80 Å². The monoisotopic (exact) mass is 504 g/mol. The lowest BCUT2D eigenvalue weighted by atomic mass is 10.0. The van der Waals surface area contributed by atoms with Gasteiger partial charge >= 0.3 is 0 Å². The molecule has 1 amide bonds. The normalized spacial score (nSPS) is 11.4. The van der Waals surface area contributed by atoms with Crippen LogP contribution in [-0.2, 0) is 0 Å². The number of benzene rings is 3. The predicted molar refractivity (Wildman–Crippen MR) is 140 cm³/mol. The summed E-state index contributed by atoms with van der Waals surface area (Å²) in [6.07, 6.45) is 0. The highest BCUT2D eigenvalue weighted by atomic mass is 35.5. The molecule has 0 spiro atoms. The quantitative estimate of drug-likeness (QED) is 0.266. The van der Waals surface area contributed by atoms with Crippen LogP contribution in [-0.4, -0.2) is 20.9 Å². The fourth-order valence-electron chi connectivity index (χ4n) is 3.79. The van der Waals surface area contributed by atoms with Crippen molar-refractivity contribution in [3.05, 3.63) is 93.7 Å². The van der Waals surface area contributed by atoms with Gasteiger partial charge in [-0.1, -0.05) is 55.2 Å². The highest BCUT2D eigenvalue weighted by Gasteiger charge is 2.17. The Morgan fingerprint density at radius 2 is 1.69 bits per heavy atom. The first-order chi connectivity index (χ1) is 16.8. The van der Waals surface area contributed by atoms with Crippen LogP contribution in [0.25, 0.3) is 28.0 Å². The number of fused-ring (bicyclic) bond motifs is 1. The third-order valence-electron chi connectivity index (χ3n) is 5.81. The molecule has 0 saturated carbocycles. The van der Waals surface area contributed by atoms with Gasteiger partial charge < -0.3 is 9.73 Å². The van der Waals surface area contributed by atoms with Crippen LogP contribution in [0.1, 0.15) is 41.4 Å². The molecule has 2 heterocycles. The number of carbonyl (C=O) groups is 1. The highest BCUT2D eigenvalue weighted by molar-refractivity contribution is 6.43. The third kappa shape index (κ3) is 4.55. The minimum absolute atomic E-state index is 0.157. The third-order valence-corrected chi connectivity index (χ3v) is 6.63. The van der Waals surface area contributed by atoms with Crippen molar-refractivity contribution in [2.75, 3.05) is 5.32 Å². The molecule has 35 heavy (non-hydrogen) atoms. The standard InChI is InChI=1S/C27H22Cl2N4O2/c1-15(2)17-7-9-18(10-8-17)33-31-22-13-16(3)21(14-23(22)32-33)30-27(34)25-12-11-24(35-25)19-5-4-6-20(28)26(19)29/h4-15H,1-3H3,(H,30,34). The minimum atomic E-state index is -0.381. The van der Waals surface area contributed by atoms with E-state index < -0.39 is 0 Å². The van der Waals surface area contributed by atoms with Crippen LogP contribution >= 0.6 is 23.2 Å². The number of nitrogens with zero attached hydrogens (tertiary/aromatic N) is 3. The van der Waals surface area contributed by atoms with E-state index in [1.807, 2.05) is 31.2 Å². The molecule has 0 unspecified atom stereocenters. The molecular weight excluding hydrogens is 483 g/mol. The lowest BCUT2D eigenvalue weighted by Gasteiger charge is -2.07. The average molecular weight is 505 g/mol. The Labute approximate surface area is 212 Å². The van der Waals surface area contributed by atoms with Crippen LogP contribution in [0.4, 0.5) is 5.69 Å². The number of hydrogen-bond donors (Lipinski definition) is 1. The van der Waals surface area contributed by atoms with Crippen LogP contribution in [0.15, 0.2) is 71.1 Å². The number of carbonyl (C=O) groups excluding carboxylic acids is 1. The summed E-state index contributed by atoms with van der Waals surface area (Å²) in [5.74, 6) is 0.689. The molecule has 8 heteroatoms. The lowest BCUT2D eigenvalue weighted by Crippen LogP contribution is -2.11. The number of furan rings is 1. The van der Waals surface area contributed by atoms with Crippen molar-refractivity contribution in [2.45, 2.75) is 26.7 Å². The molecule has 0 saturated heterocycles. The molecule has 0 fully saturated rings. The molecule has 0 aliphatic heterocycles. The summed E-state index contributed by atoms with van der Waals surface area (Å²) in [6, 6.07) is 20.4. The van der Waals surface area contributed by atoms with E-state index in [9.17, 15) is 4.79 Å². The first-order valence-corrected chi connectivity index (χ1v) is 11.9. The Kier molecular flexibility index (Phi) is 6.09. The van der Waals surface area contributed by atoms with Gasteiger partial charge in [0.25, 0.3) is 5.91 Å². The van der Waals surface area contributed by atoms with Gasteiger partial charge in [-0.25, -0.2) is 0 Å². The Morgan fingerprint density at radius 1 is 0.971 bits per heavy atom. The molecule has 176 valence electrons. The van der Waals surface area contributed by atoms with Crippen molar-refractivity contribution in [2.24, 2.45) is 0 Å². The van der Waals surface area contributed by atoms with Gasteiger partial charge in [0.05, 0.1) is 15.7 Å². The second-order valence-electron chi connectivity index (χ2n) is 8.61. The van der Waals surface area contributed by atoms with E-state index in [4.69, 9.17) is 27.6 Å². The molecule has 5 rings (SSSR count). The summed E-state index contributed by atoms with van der Waals surface area (Å²) in [5, 5.41) is 12.9. The molecule has 5 aromatic rings. The number of amides is 1. The van der Waals surface area contributed by atoms with Crippen LogP contribution in [0.2, 0.25) is 10.0 Å². The van der Waals surface area contributed by atoms with E-state index in [2.05, 4.69) is 41.5 Å². The zero-order valence-electron chi connectivity index (χ0n) is 19.3. The molecule has 0 aliphatic carbocycles. The van der Waals surface area contributed by atoms with Crippen molar-refractivity contribution in [3.8, 4) is 17.0 Å². The van der Waals surface area contributed by atoms with Gasteiger partial charge in [0.2, 0.25) is 0 Å². The van der Waals surface area contributed by atoms with Gasteiger partial charge in [-0.3, -0.25) is 4.79 Å². The maximum absolute atomic E-state index is 12.9. The fraction of sp³-hybridized carbons (Fsp3) is 0.148. The number of anilines is 1. The average Bonchev–Trinajstić information content (AvgIpc) is 3.48. The summed E-state index contributed by atoms with van der Waals surface area (Å²) in [4.78, 5) is 14.5. The second kappa shape index (κ2) is 9.21. The van der Waals surface area contributed by atoms with E-state index in [0.717, 1.165) is 16.8 Å². The van der Waals surface area contributed by atoms with Crippen molar-refractivity contribution in [1.82, 2.24) is 15.0 Å². The lowest BCUT2D eigenvalue weighted by molar-refractivity contribution is 0.0997. The summed E-state index contributed by atoms with van der Waals surface area (Å²) in [7, 11) is 0. The van der Waals surface area contributed by atoms with Crippen molar-refractivity contribution in [3.63, 3.8) is 0 Å².